The molecule has 1 heterocycles. The smallest absolute Gasteiger partial charge is 0.252 e. The lowest BCUT2D eigenvalue weighted by molar-refractivity contribution is -0.122. The van der Waals surface area contributed by atoms with Crippen LogP contribution in [0.5, 0.6) is 0 Å². The first-order valence-electron chi connectivity index (χ1n) is 6.81. The molecule has 1 aliphatic rings. The number of nitrogens with zero attached hydrogens (tertiary/aromatic N) is 1. The predicted molar refractivity (Wildman–Crippen MR) is 76.3 cm³/mol. The third-order valence-corrected chi connectivity index (χ3v) is 2.97. The fraction of sp³-hybridized carbons (Fsp3) is 0.400. The zero-order valence-electron chi connectivity index (χ0n) is 11.6. The molecule has 3 N–H and O–H groups in total. The number of rotatable bonds is 5. The Bertz CT molecular complexity index is 585. The Kier molecular flexibility index (Phi) is 5.29. The molecule has 0 radical (unpaired) electrons. The summed E-state index contributed by atoms with van der Waals surface area (Å²) in [5.74, 6) is 5.16. The lowest BCUT2D eigenvalue weighted by Crippen LogP contribution is -2.35. The first-order chi connectivity index (χ1) is 10.2. The van der Waals surface area contributed by atoms with Gasteiger partial charge in [-0.15, -0.1) is 0 Å². The van der Waals surface area contributed by atoms with Crippen molar-refractivity contribution in [3.05, 3.63) is 29.6 Å². The van der Waals surface area contributed by atoms with Gasteiger partial charge < -0.3 is 15.7 Å². The molecule has 0 saturated heterocycles. The van der Waals surface area contributed by atoms with Crippen molar-refractivity contribution in [3.8, 4) is 11.8 Å². The van der Waals surface area contributed by atoms with Gasteiger partial charge in [-0.3, -0.25) is 14.6 Å². The van der Waals surface area contributed by atoms with Crippen LogP contribution in [-0.2, 0) is 4.79 Å². The SMILES string of the molecule is O=C(NCCNC(=O)C1CC1)c1cncc(C#CCO)c1. The molecule has 2 amide bonds. The molecule has 0 unspecified atom stereocenters. The van der Waals surface area contributed by atoms with Gasteiger partial charge in [-0.05, 0) is 18.9 Å². The van der Waals surface area contributed by atoms with Crippen LogP contribution in [0.2, 0.25) is 0 Å². The highest BCUT2D eigenvalue weighted by molar-refractivity contribution is 5.94. The van der Waals surface area contributed by atoms with Crippen molar-refractivity contribution in [2.45, 2.75) is 12.8 Å². The molecule has 1 fully saturated rings. The molecule has 0 bridgehead atoms. The van der Waals surface area contributed by atoms with E-state index in [-0.39, 0.29) is 24.3 Å². The summed E-state index contributed by atoms with van der Waals surface area (Å²) in [5.41, 5.74) is 0.965. The number of amides is 2. The topological polar surface area (TPSA) is 91.3 Å². The summed E-state index contributed by atoms with van der Waals surface area (Å²) in [4.78, 5) is 27.2. The summed E-state index contributed by atoms with van der Waals surface area (Å²) in [6.07, 6.45) is 4.90. The Morgan fingerprint density at radius 3 is 2.76 bits per heavy atom. The zero-order chi connectivity index (χ0) is 15.1. The minimum atomic E-state index is -0.268. The number of hydrogen-bond acceptors (Lipinski definition) is 4. The van der Waals surface area contributed by atoms with E-state index in [1.165, 1.54) is 12.4 Å². The van der Waals surface area contributed by atoms with Gasteiger partial charge in [0.05, 0.1) is 5.56 Å². The van der Waals surface area contributed by atoms with Gasteiger partial charge >= 0.3 is 0 Å². The highest BCUT2D eigenvalue weighted by atomic mass is 16.2. The first kappa shape index (κ1) is 15.0. The monoisotopic (exact) mass is 287 g/mol. The molecule has 2 rings (SSSR count). The van der Waals surface area contributed by atoms with Gasteiger partial charge in [0.25, 0.3) is 5.91 Å². The van der Waals surface area contributed by atoms with E-state index < -0.39 is 0 Å². The van der Waals surface area contributed by atoms with E-state index in [0.717, 1.165) is 12.8 Å². The van der Waals surface area contributed by atoms with Crippen LogP contribution in [0, 0.1) is 17.8 Å². The summed E-state index contributed by atoms with van der Waals surface area (Å²) in [7, 11) is 0. The number of carbonyl (C=O) groups is 2. The second kappa shape index (κ2) is 7.41. The van der Waals surface area contributed by atoms with Crippen LogP contribution in [0.25, 0.3) is 0 Å². The third-order valence-electron chi connectivity index (χ3n) is 2.97. The predicted octanol–water partition coefficient (Wildman–Crippen LogP) is -0.319. The van der Waals surface area contributed by atoms with Crippen molar-refractivity contribution in [1.29, 1.82) is 0 Å². The third kappa shape index (κ3) is 4.89. The molecule has 6 heteroatoms. The summed E-state index contributed by atoms with van der Waals surface area (Å²) >= 11 is 0. The number of carbonyl (C=O) groups excluding carboxylic acids is 2. The molecule has 0 atom stereocenters. The molecule has 0 aromatic carbocycles. The van der Waals surface area contributed by atoms with E-state index in [1.54, 1.807) is 6.07 Å². The van der Waals surface area contributed by atoms with Crippen molar-refractivity contribution in [1.82, 2.24) is 15.6 Å². The van der Waals surface area contributed by atoms with Gasteiger partial charge in [0.15, 0.2) is 0 Å². The number of hydrogen-bond donors (Lipinski definition) is 3. The van der Waals surface area contributed by atoms with Crippen molar-refractivity contribution >= 4 is 11.8 Å². The van der Waals surface area contributed by atoms with E-state index in [1.807, 2.05) is 0 Å². The van der Waals surface area contributed by atoms with Crippen molar-refractivity contribution in [3.63, 3.8) is 0 Å². The maximum absolute atomic E-state index is 11.9. The summed E-state index contributed by atoms with van der Waals surface area (Å²) < 4.78 is 0. The van der Waals surface area contributed by atoms with Crippen LogP contribution < -0.4 is 10.6 Å². The van der Waals surface area contributed by atoms with E-state index in [2.05, 4.69) is 27.5 Å². The number of aliphatic hydroxyl groups excluding tert-OH is 1. The lowest BCUT2D eigenvalue weighted by Gasteiger charge is -2.06. The molecule has 21 heavy (non-hydrogen) atoms. The van der Waals surface area contributed by atoms with Crippen LogP contribution in [0.1, 0.15) is 28.8 Å². The van der Waals surface area contributed by atoms with E-state index in [4.69, 9.17) is 5.11 Å². The average Bonchev–Trinajstić information content (AvgIpc) is 3.34. The zero-order valence-corrected chi connectivity index (χ0v) is 11.6. The Morgan fingerprint density at radius 1 is 1.29 bits per heavy atom. The second-order valence-corrected chi connectivity index (χ2v) is 4.74. The number of pyridine rings is 1. The lowest BCUT2D eigenvalue weighted by atomic mass is 10.2. The summed E-state index contributed by atoms with van der Waals surface area (Å²) in [6, 6.07) is 1.60. The fourth-order valence-corrected chi connectivity index (χ4v) is 1.73. The van der Waals surface area contributed by atoms with Crippen molar-refractivity contribution in [2.75, 3.05) is 19.7 Å². The van der Waals surface area contributed by atoms with E-state index in [9.17, 15) is 9.59 Å². The Balaban J connectivity index is 1.78. The second-order valence-electron chi connectivity index (χ2n) is 4.74. The maximum atomic E-state index is 11.9. The summed E-state index contributed by atoms with van der Waals surface area (Å²) in [6.45, 7) is 0.541. The molecule has 1 aromatic heterocycles. The van der Waals surface area contributed by atoms with Crippen LogP contribution in [0.15, 0.2) is 18.5 Å². The quantitative estimate of drug-likeness (QED) is 0.511. The molecular weight excluding hydrogens is 270 g/mol. The van der Waals surface area contributed by atoms with Gasteiger partial charge in [-0.25, -0.2) is 0 Å². The van der Waals surface area contributed by atoms with Gasteiger partial charge in [0.1, 0.15) is 6.61 Å². The molecule has 6 nitrogen and oxygen atoms in total. The number of aromatic nitrogens is 1. The Labute approximate surface area is 123 Å². The van der Waals surface area contributed by atoms with Crippen LogP contribution >= 0.6 is 0 Å². The van der Waals surface area contributed by atoms with Gasteiger partial charge in [-0.2, -0.15) is 0 Å². The molecule has 1 saturated carbocycles. The molecule has 110 valence electrons. The highest BCUT2D eigenvalue weighted by Gasteiger charge is 2.28. The van der Waals surface area contributed by atoms with Crippen LogP contribution in [0.3, 0.4) is 0 Å². The highest BCUT2D eigenvalue weighted by Crippen LogP contribution is 2.28. The van der Waals surface area contributed by atoms with Gasteiger partial charge in [-0.1, -0.05) is 11.8 Å². The first-order valence-corrected chi connectivity index (χ1v) is 6.81. The standard InChI is InChI=1S/C15H17N3O3/c19-7-1-2-11-8-13(10-16-9-11)15(21)18-6-5-17-14(20)12-3-4-12/h8-10,12,19H,3-7H2,(H,17,20)(H,18,21). The normalized spacial score (nSPS) is 13.0. The maximum Gasteiger partial charge on any atom is 0.252 e. The molecule has 1 aromatic rings. The molecular formula is C15H17N3O3. The number of nitrogens with one attached hydrogen (secondary N) is 2. The van der Waals surface area contributed by atoms with E-state index >= 15 is 0 Å². The van der Waals surface area contributed by atoms with Crippen LogP contribution in [-0.4, -0.2) is 41.6 Å². The summed E-state index contributed by atoms with van der Waals surface area (Å²) in [5, 5.41) is 14.1. The van der Waals surface area contributed by atoms with Gasteiger partial charge in [0.2, 0.25) is 5.91 Å². The minimum absolute atomic E-state index is 0.0622. The number of aliphatic hydroxyl groups is 1. The van der Waals surface area contributed by atoms with Gasteiger partial charge in [0, 0.05) is 37.0 Å². The Hall–Kier alpha value is -2.39. The largest absolute Gasteiger partial charge is 0.384 e. The molecule has 0 aliphatic heterocycles. The fourth-order valence-electron chi connectivity index (χ4n) is 1.73. The minimum Gasteiger partial charge on any atom is -0.384 e. The average molecular weight is 287 g/mol. The molecule has 0 spiro atoms. The Morgan fingerprint density at radius 2 is 2.05 bits per heavy atom. The van der Waals surface area contributed by atoms with Crippen LogP contribution in [0.4, 0.5) is 0 Å². The van der Waals surface area contributed by atoms with Crippen molar-refractivity contribution < 1.29 is 14.7 Å². The van der Waals surface area contributed by atoms with Crippen molar-refractivity contribution in [2.24, 2.45) is 5.92 Å². The molecule has 1 aliphatic carbocycles. The van der Waals surface area contributed by atoms with E-state index in [0.29, 0.717) is 24.2 Å².